The SMILES string of the molecule is CN1CC[C@@]2(C)c3cc(N(C(=O)O)N4CCOCC4)cc(Br)c3N(C)C12. The molecule has 0 radical (unpaired) electrons. The van der Waals surface area contributed by atoms with Gasteiger partial charge in [0.05, 0.1) is 30.8 Å². The van der Waals surface area contributed by atoms with E-state index in [0.29, 0.717) is 38.2 Å². The minimum Gasteiger partial charge on any atom is -0.464 e. The van der Waals surface area contributed by atoms with Crippen LogP contribution in [-0.2, 0) is 10.2 Å². The van der Waals surface area contributed by atoms with Crippen molar-refractivity contribution in [1.29, 1.82) is 0 Å². The predicted octanol–water partition coefficient (Wildman–Crippen LogP) is 2.55. The summed E-state index contributed by atoms with van der Waals surface area (Å²) in [5.74, 6) is 0. The number of likely N-dealkylation sites (N-methyl/N-ethyl adjacent to an activating group) is 2. The molecule has 2 saturated heterocycles. The molecule has 1 aromatic rings. The fourth-order valence-corrected chi connectivity index (χ4v) is 5.64. The zero-order valence-corrected chi connectivity index (χ0v) is 17.0. The summed E-state index contributed by atoms with van der Waals surface area (Å²) in [5, 5.41) is 13.1. The van der Waals surface area contributed by atoms with E-state index in [1.54, 1.807) is 0 Å². The Hall–Kier alpha value is -1.35. The second-order valence-corrected chi connectivity index (χ2v) is 8.47. The van der Waals surface area contributed by atoms with Gasteiger partial charge in [-0.3, -0.25) is 4.90 Å². The van der Waals surface area contributed by atoms with Crippen molar-refractivity contribution in [3.63, 3.8) is 0 Å². The number of hydrazine groups is 1. The Balaban J connectivity index is 1.80. The average Bonchev–Trinajstić information content (AvgIpc) is 3.01. The van der Waals surface area contributed by atoms with E-state index in [4.69, 9.17) is 4.74 Å². The normalized spacial score (nSPS) is 28.9. The molecule has 2 fully saturated rings. The summed E-state index contributed by atoms with van der Waals surface area (Å²) >= 11 is 3.71. The maximum Gasteiger partial charge on any atom is 0.426 e. The molecular formula is C18H25BrN4O3. The summed E-state index contributed by atoms with van der Waals surface area (Å²) in [6.45, 7) is 5.57. The molecule has 3 aliphatic rings. The summed E-state index contributed by atoms with van der Waals surface area (Å²) < 4.78 is 6.32. The average molecular weight is 425 g/mol. The van der Waals surface area contributed by atoms with Gasteiger partial charge in [0.2, 0.25) is 0 Å². The van der Waals surface area contributed by atoms with E-state index in [2.05, 4.69) is 52.8 Å². The highest BCUT2D eigenvalue weighted by Gasteiger charge is 2.53. The zero-order chi connectivity index (χ0) is 18.6. The molecule has 3 aliphatic heterocycles. The highest BCUT2D eigenvalue weighted by atomic mass is 79.9. The number of amides is 1. The number of morpholine rings is 1. The standard InChI is InChI=1S/C18H25BrN4O3/c1-18-4-5-20(2)16(18)21(3)15-13(18)10-12(11-14(15)19)23(17(24)25)22-6-8-26-9-7-22/h10-11,16H,4-9H2,1-3H3,(H,24,25)/t16?,18-/m0/s1. The molecule has 0 saturated carbocycles. The maximum absolute atomic E-state index is 12.0. The predicted molar refractivity (Wildman–Crippen MR) is 104 cm³/mol. The number of ether oxygens (including phenoxy) is 1. The quantitative estimate of drug-likeness (QED) is 0.786. The third kappa shape index (κ3) is 2.54. The van der Waals surface area contributed by atoms with Crippen molar-refractivity contribution in [3.05, 3.63) is 22.2 Å². The molecule has 1 N–H and O–H groups in total. The van der Waals surface area contributed by atoms with Gasteiger partial charge in [0, 0.05) is 36.6 Å². The van der Waals surface area contributed by atoms with Gasteiger partial charge in [-0.05, 0) is 47.1 Å². The number of fused-ring (bicyclic) bond motifs is 3. The van der Waals surface area contributed by atoms with Gasteiger partial charge in [-0.1, -0.05) is 6.92 Å². The number of hydrogen-bond donors (Lipinski definition) is 1. The van der Waals surface area contributed by atoms with Gasteiger partial charge in [0.15, 0.2) is 0 Å². The second kappa shape index (κ2) is 6.37. The number of carboxylic acid groups (broad SMARTS) is 1. The van der Waals surface area contributed by atoms with Crippen molar-refractivity contribution in [2.75, 3.05) is 56.9 Å². The maximum atomic E-state index is 12.0. The van der Waals surface area contributed by atoms with E-state index in [1.165, 1.54) is 16.3 Å². The Morgan fingerprint density at radius 2 is 2.00 bits per heavy atom. The molecule has 8 heteroatoms. The largest absolute Gasteiger partial charge is 0.464 e. The van der Waals surface area contributed by atoms with E-state index in [1.807, 2.05) is 11.1 Å². The van der Waals surface area contributed by atoms with E-state index in [-0.39, 0.29) is 5.41 Å². The monoisotopic (exact) mass is 424 g/mol. The van der Waals surface area contributed by atoms with Crippen LogP contribution in [0.2, 0.25) is 0 Å². The molecule has 4 rings (SSSR count). The highest BCUT2D eigenvalue weighted by molar-refractivity contribution is 9.10. The van der Waals surface area contributed by atoms with Crippen LogP contribution in [0.3, 0.4) is 0 Å². The molecule has 1 aromatic carbocycles. The van der Waals surface area contributed by atoms with E-state index in [9.17, 15) is 9.90 Å². The minimum atomic E-state index is -0.963. The summed E-state index contributed by atoms with van der Waals surface area (Å²) in [6, 6.07) is 3.99. The summed E-state index contributed by atoms with van der Waals surface area (Å²) in [4.78, 5) is 16.7. The Kier molecular flexibility index (Phi) is 4.42. The van der Waals surface area contributed by atoms with Crippen molar-refractivity contribution in [1.82, 2.24) is 9.91 Å². The van der Waals surface area contributed by atoms with E-state index in [0.717, 1.165) is 17.4 Å². The first-order valence-electron chi connectivity index (χ1n) is 8.97. The first-order valence-corrected chi connectivity index (χ1v) is 9.76. The van der Waals surface area contributed by atoms with Crippen molar-refractivity contribution in [2.24, 2.45) is 0 Å². The zero-order valence-electron chi connectivity index (χ0n) is 15.4. The lowest BCUT2D eigenvalue weighted by Gasteiger charge is -2.35. The first-order chi connectivity index (χ1) is 12.3. The Bertz CT molecular complexity index is 739. The van der Waals surface area contributed by atoms with Crippen LogP contribution in [0.4, 0.5) is 16.2 Å². The van der Waals surface area contributed by atoms with Crippen LogP contribution in [-0.4, -0.2) is 74.2 Å². The lowest BCUT2D eigenvalue weighted by atomic mass is 9.81. The van der Waals surface area contributed by atoms with Crippen LogP contribution in [0.1, 0.15) is 18.9 Å². The topological polar surface area (TPSA) is 59.5 Å². The summed E-state index contributed by atoms with van der Waals surface area (Å²) in [5.41, 5.74) is 3.07. The van der Waals surface area contributed by atoms with Crippen molar-refractivity contribution >= 4 is 33.4 Å². The number of hydrogen-bond acceptors (Lipinski definition) is 5. The highest BCUT2D eigenvalue weighted by Crippen LogP contribution is 2.54. The number of nitrogens with zero attached hydrogens (tertiary/aromatic N) is 4. The molecule has 0 spiro atoms. The second-order valence-electron chi connectivity index (χ2n) is 7.62. The van der Waals surface area contributed by atoms with Crippen molar-refractivity contribution in [2.45, 2.75) is 24.9 Å². The Labute approximate surface area is 162 Å². The molecule has 0 aliphatic carbocycles. The van der Waals surface area contributed by atoms with Gasteiger partial charge in [0.1, 0.15) is 0 Å². The molecule has 142 valence electrons. The Morgan fingerprint density at radius 3 is 2.65 bits per heavy atom. The van der Waals surface area contributed by atoms with Crippen LogP contribution in [0, 0.1) is 0 Å². The summed E-state index contributed by atoms with van der Waals surface area (Å²) in [7, 11) is 4.28. The molecule has 0 aromatic heterocycles. The smallest absolute Gasteiger partial charge is 0.426 e. The summed E-state index contributed by atoms with van der Waals surface area (Å²) in [6.07, 6.45) is 0.396. The molecule has 7 nitrogen and oxygen atoms in total. The van der Waals surface area contributed by atoms with Crippen LogP contribution in [0.15, 0.2) is 16.6 Å². The van der Waals surface area contributed by atoms with Crippen LogP contribution >= 0.6 is 15.9 Å². The third-order valence-corrected chi connectivity index (χ3v) is 6.65. The van der Waals surface area contributed by atoms with Gasteiger partial charge in [0.25, 0.3) is 0 Å². The molecule has 3 heterocycles. The third-order valence-electron chi connectivity index (χ3n) is 6.05. The van der Waals surface area contributed by atoms with Gasteiger partial charge in [-0.25, -0.2) is 14.8 Å². The van der Waals surface area contributed by atoms with Crippen LogP contribution in [0.5, 0.6) is 0 Å². The van der Waals surface area contributed by atoms with Gasteiger partial charge in [-0.2, -0.15) is 0 Å². The minimum absolute atomic E-state index is 0.00739. The molecule has 2 atom stereocenters. The first kappa shape index (κ1) is 18.0. The van der Waals surface area contributed by atoms with Crippen LogP contribution < -0.4 is 9.91 Å². The molecule has 1 amide bonds. The fourth-order valence-electron chi connectivity index (χ4n) is 4.91. The number of rotatable bonds is 2. The van der Waals surface area contributed by atoms with Crippen molar-refractivity contribution < 1.29 is 14.6 Å². The number of benzene rings is 1. The van der Waals surface area contributed by atoms with Crippen molar-refractivity contribution in [3.8, 4) is 0 Å². The number of carbonyl (C=O) groups is 1. The van der Waals surface area contributed by atoms with Gasteiger partial charge < -0.3 is 14.7 Å². The number of anilines is 2. The molecular weight excluding hydrogens is 400 g/mol. The van der Waals surface area contributed by atoms with E-state index < -0.39 is 6.09 Å². The fraction of sp³-hybridized carbons (Fsp3) is 0.611. The molecule has 0 bridgehead atoms. The number of likely N-dealkylation sites (tertiary alicyclic amines) is 1. The number of halogens is 1. The molecule has 1 unspecified atom stereocenters. The lowest BCUT2D eigenvalue weighted by molar-refractivity contribution is 0.0323. The molecule has 26 heavy (non-hydrogen) atoms. The van der Waals surface area contributed by atoms with E-state index >= 15 is 0 Å². The van der Waals surface area contributed by atoms with Crippen LogP contribution in [0.25, 0.3) is 0 Å². The van der Waals surface area contributed by atoms with Gasteiger partial charge >= 0.3 is 6.09 Å². The van der Waals surface area contributed by atoms with Gasteiger partial charge in [-0.15, -0.1) is 0 Å². The lowest BCUT2D eigenvalue weighted by Crippen LogP contribution is -2.51. The Morgan fingerprint density at radius 1 is 1.31 bits per heavy atom.